The van der Waals surface area contributed by atoms with Crippen LogP contribution in [0.2, 0.25) is 0 Å². The number of hydrogen-bond acceptors (Lipinski definition) is 5. The van der Waals surface area contributed by atoms with E-state index in [2.05, 4.69) is 38.5 Å². The number of imide groups is 1. The summed E-state index contributed by atoms with van der Waals surface area (Å²) in [6.45, 7) is 2.79. The topological polar surface area (TPSA) is 55.8 Å². The van der Waals surface area contributed by atoms with Crippen molar-refractivity contribution < 1.29 is 19.1 Å². The summed E-state index contributed by atoms with van der Waals surface area (Å²) in [6, 6.07) is 11.7. The molecule has 1 aliphatic rings. The molecule has 146 valence electrons. The van der Waals surface area contributed by atoms with E-state index in [0.29, 0.717) is 29.6 Å². The van der Waals surface area contributed by atoms with Crippen molar-refractivity contribution in [3.63, 3.8) is 0 Å². The van der Waals surface area contributed by atoms with Gasteiger partial charge in [-0.25, -0.2) is 0 Å². The Morgan fingerprint density at radius 1 is 1.14 bits per heavy atom. The second-order valence-corrected chi connectivity index (χ2v) is 9.00. The molecule has 2 aromatic carbocycles. The average Bonchev–Trinajstić information content (AvgIpc) is 2.91. The van der Waals surface area contributed by atoms with Gasteiger partial charge in [0.2, 0.25) is 0 Å². The monoisotopic (exact) mass is 573 g/mol. The Morgan fingerprint density at radius 2 is 1.82 bits per heavy atom. The molecule has 1 fully saturated rings. The zero-order chi connectivity index (χ0) is 20.3. The van der Waals surface area contributed by atoms with Crippen molar-refractivity contribution in [3.05, 3.63) is 60.5 Å². The first-order chi connectivity index (χ1) is 13.4. The molecule has 1 heterocycles. The quantitative estimate of drug-likeness (QED) is 0.328. The third-order valence-electron chi connectivity index (χ3n) is 3.94. The Balaban J connectivity index is 1.86. The summed E-state index contributed by atoms with van der Waals surface area (Å²) in [4.78, 5) is 25.3. The number of carbonyl (C=O) groups is 2. The van der Waals surface area contributed by atoms with Crippen LogP contribution in [0.25, 0.3) is 6.08 Å². The van der Waals surface area contributed by atoms with Crippen molar-refractivity contribution in [1.82, 2.24) is 4.90 Å². The largest absolute Gasteiger partial charge is 0.490 e. The first-order valence-corrected chi connectivity index (χ1v) is 11.1. The SMILES string of the molecule is CCOc1cc(/C=C2\SC(=O)N(C)C2=O)c(Br)cc1OCc1ccc(I)cc1. The lowest BCUT2D eigenvalue weighted by Crippen LogP contribution is -2.22. The van der Waals surface area contributed by atoms with Gasteiger partial charge in [-0.1, -0.05) is 28.1 Å². The number of carbonyl (C=O) groups excluding carboxylic acids is 2. The molecular formula is C20H17BrINO4S. The van der Waals surface area contributed by atoms with E-state index >= 15 is 0 Å². The fourth-order valence-electron chi connectivity index (χ4n) is 2.47. The lowest BCUT2D eigenvalue weighted by Gasteiger charge is -2.14. The molecule has 1 aliphatic heterocycles. The summed E-state index contributed by atoms with van der Waals surface area (Å²) in [5, 5.41) is -0.283. The van der Waals surface area contributed by atoms with Crippen molar-refractivity contribution in [2.75, 3.05) is 13.7 Å². The smallest absolute Gasteiger partial charge is 0.293 e. The minimum atomic E-state index is -0.307. The molecule has 2 aromatic rings. The van der Waals surface area contributed by atoms with Gasteiger partial charge in [0.15, 0.2) is 11.5 Å². The van der Waals surface area contributed by atoms with Crippen molar-refractivity contribution in [3.8, 4) is 11.5 Å². The lowest BCUT2D eigenvalue weighted by molar-refractivity contribution is -0.121. The van der Waals surface area contributed by atoms with Crippen LogP contribution in [-0.2, 0) is 11.4 Å². The maximum Gasteiger partial charge on any atom is 0.293 e. The zero-order valence-electron chi connectivity index (χ0n) is 15.2. The van der Waals surface area contributed by atoms with Gasteiger partial charge in [-0.05, 0) is 82.7 Å². The van der Waals surface area contributed by atoms with Gasteiger partial charge in [-0.2, -0.15) is 0 Å². The summed E-state index contributed by atoms with van der Waals surface area (Å²) in [6.07, 6.45) is 1.68. The second-order valence-electron chi connectivity index (χ2n) is 5.91. The van der Waals surface area contributed by atoms with Crippen molar-refractivity contribution >= 4 is 67.5 Å². The molecule has 1 saturated heterocycles. The molecule has 5 nitrogen and oxygen atoms in total. The summed E-state index contributed by atoms with van der Waals surface area (Å²) in [5.74, 6) is 0.880. The van der Waals surface area contributed by atoms with E-state index in [0.717, 1.165) is 32.3 Å². The Labute approximate surface area is 189 Å². The zero-order valence-corrected chi connectivity index (χ0v) is 19.8. The highest BCUT2D eigenvalue weighted by atomic mass is 127. The number of benzene rings is 2. The van der Waals surface area contributed by atoms with Crippen LogP contribution in [0, 0.1) is 3.57 Å². The van der Waals surface area contributed by atoms with E-state index in [-0.39, 0.29) is 11.1 Å². The van der Waals surface area contributed by atoms with Crippen LogP contribution in [0.15, 0.2) is 45.8 Å². The highest BCUT2D eigenvalue weighted by Crippen LogP contribution is 2.38. The Bertz CT molecular complexity index is 946. The molecule has 0 bridgehead atoms. The van der Waals surface area contributed by atoms with Gasteiger partial charge in [0, 0.05) is 15.1 Å². The van der Waals surface area contributed by atoms with E-state index in [9.17, 15) is 9.59 Å². The number of ether oxygens (including phenoxy) is 2. The molecule has 8 heteroatoms. The van der Waals surface area contributed by atoms with Crippen molar-refractivity contribution in [2.24, 2.45) is 0 Å². The van der Waals surface area contributed by atoms with Crippen molar-refractivity contribution in [2.45, 2.75) is 13.5 Å². The fraction of sp³-hybridized carbons (Fsp3) is 0.200. The normalized spacial score (nSPS) is 15.4. The number of rotatable bonds is 6. The maximum atomic E-state index is 12.1. The fourth-order valence-corrected chi connectivity index (χ4v) is 4.09. The molecule has 0 atom stereocenters. The number of thioether (sulfide) groups is 1. The first kappa shape index (κ1) is 21.2. The maximum absolute atomic E-state index is 12.1. The molecule has 0 spiro atoms. The second kappa shape index (κ2) is 9.32. The predicted molar refractivity (Wildman–Crippen MR) is 123 cm³/mol. The summed E-state index contributed by atoms with van der Waals surface area (Å²) in [5.41, 5.74) is 1.80. The van der Waals surface area contributed by atoms with Gasteiger partial charge in [0.1, 0.15) is 6.61 Å². The number of nitrogens with zero attached hydrogens (tertiary/aromatic N) is 1. The molecule has 0 N–H and O–H groups in total. The molecular weight excluding hydrogens is 557 g/mol. The number of hydrogen-bond donors (Lipinski definition) is 0. The van der Waals surface area contributed by atoms with E-state index < -0.39 is 0 Å². The van der Waals surface area contributed by atoms with Crippen LogP contribution < -0.4 is 9.47 Å². The third kappa shape index (κ3) is 4.90. The number of halogens is 2. The molecule has 0 unspecified atom stereocenters. The number of likely N-dealkylation sites (N-methyl/N-ethyl adjacent to an activating group) is 1. The van der Waals surface area contributed by atoms with Gasteiger partial charge >= 0.3 is 0 Å². The van der Waals surface area contributed by atoms with Crippen LogP contribution in [0.1, 0.15) is 18.1 Å². The van der Waals surface area contributed by atoms with Gasteiger partial charge in [-0.3, -0.25) is 14.5 Å². The molecule has 3 rings (SSSR count). The van der Waals surface area contributed by atoms with Gasteiger partial charge in [0.25, 0.3) is 11.1 Å². The molecule has 0 radical (unpaired) electrons. The van der Waals surface area contributed by atoms with Crippen LogP contribution in [0.5, 0.6) is 11.5 Å². The van der Waals surface area contributed by atoms with Crippen LogP contribution in [-0.4, -0.2) is 29.7 Å². The van der Waals surface area contributed by atoms with Gasteiger partial charge in [0.05, 0.1) is 11.5 Å². The molecule has 28 heavy (non-hydrogen) atoms. The Hall–Kier alpha value is -1.52. The van der Waals surface area contributed by atoms with Crippen molar-refractivity contribution in [1.29, 1.82) is 0 Å². The van der Waals surface area contributed by atoms with E-state index in [1.807, 2.05) is 37.3 Å². The van der Waals surface area contributed by atoms with E-state index in [1.165, 1.54) is 10.6 Å². The molecule has 2 amide bonds. The van der Waals surface area contributed by atoms with E-state index in [4.69, 9.17) is 9.47 Å². The van der Waals surface area contributed by atoms with Crippen LogP contribution >= 0.6 is 50.3 Å². The standard InChI is InChI=1S/C20H17BrINO4S/c1-3-26-16-8-13(9-18-19(24)23(2)20(25)28-18)15(21)10-17(16)27-11-12-4-6-14(22)7-5-12/h4-10H,3,11H2,1-2H3/b18-9-. The minimum Gasteiger partial charge on any atom is -0.490 e. The molecule has 0 aromatic heterocycles. The van der Waals surface area contributed by atoms with E-state index in [1.54, 1.807) is 12.1 Å². The Kier molecular flexibility index (Phi) is 7.05. The summed E-state index contributed by atoms with van der Waals surface area (Å²) >= 11 is 6.71. The molecule has 0 saturated carbocycles. The number of amides is 2. The summed E-state index contributed by atoms with van der Waals surface area (Å²) < 4.78 is 13.6. The minimum absolute atomic E-state index is 0.283. The predicted octanol–water partition coefficient (Wildman–Crippen LogP) is 5.70. The first-order valence-electron chi connectivity index (χ1n) is 8.44. The van der Waals surface area contributed by atoms with Crippen LogP contribution in [0.4, 0.5) is 4.79 Å². The molecule has 0 aliphatic carbocycles. The summed E-state index contributed by atoms with van der Waals surface area (Å²) in [7, 11) is 1.47. The third-order valence-corrected chi connectivity index (χ3v) is 6.31. The van der Waals surface area contributed by atoms with Gasteiger partial charge in [-0.15, -0.1) is 0 Å². The lowest BCUT2D eigenvalue weighted by atomic mass is 10.1. The van der Waals surface area contributed by atoms with Crippen LogP contribution in [0.3, 0.4) is 0 Å². The van der Waals surface area contributed by atoms with Gasteiger partial charge < -0.3 is 9.47 Å². The highest BCUT2D eigenvalue weighted by molar-refractivity contribution is 14.1. The highest BCUT2D eigenvalue weighted by Gasteiger charge is 2.32. The Morgan fingerprint density at radius 3 is 2.43 bits per heavy atom. The average molecular weight is 574 g/mol.